The van der Waals surface area contributed by atoms with Crippen LogP contribution >= 0.6 is 0 Å². The summed E-state index contributed by atoms with van der Waals surface area (Å²) in [7, 11) is 0. The fraction of sp³-hybridized carbons (Fsp3) is 0.433. The number of nitrogens with zero attached hydrogens (tertiary/aromatic N) is 1. The van der Waals surface area contributed by atoms with Crippen LogP contribution in [0.25, 0.3) is 11.1 Å². The second-order valence-electron chi connectivity index (χ2n) is 10.2. The van der Waals surface area contributed by atoms with Crippen molar-refractivity contribution in [2.24, 2.45) is 0 Å². The summed E-state index contributed by atoms with van der Waals surface area (Å²) in [6.07, 6.45) is -3.05. The highest BCUT2D eigenvalue weighted by Gasteiger charge is 2.36. The number of rotatable bonds is 7. The van der Waals surface area contributed by atoms with Crippen molar-refractivity contribution in [2.45, 2.75) is 83.2 Å². The Bertz CT molecular complexity index is 1220. The average molecular weight is 518 g/mol. The van der Waals surface area contributed by atoms with Crippen LogP contribution in [0.3, 0.4) is 0 Å². The Morgan fingerprint density at radius 1 is 1.00 bits per heavy atom. The molecule has 0 amide bonds. The highest BCUT2D eigenvalue weighted by Crippen LogP contribution is 2.49. The molecule has 7 heteroatoms. The summed E-state index contributed by atoms with van der Waals surface area (Å²) in [6.45, 7) is 5.90. The Balaban J connectivity index is 1.99. The molecular weight excluding hydrogens is 485 g/mol. The summed E-state index contributed by atoms with van der Waals surface area (Å²) in [5.74, 6) is -0.537. The fourth-order valence-electron chi connectivity index (χ4n) is 5.30. The average Bonchev–Trinajstić information content (AvgIpc) is 2.87. The van der Waals surface area contributed by atoms with Gasteiger partial charge < -0.3 is 5.11 Å². The lowest BCUT2D eigenvalue weighted by atomic mass is 9.76. The van der Waals surface area contributed by atoms with Gasteiger partial charge >= 0.3 is 6.18 Å². The van der Waals surface area contributed by atoms with Crippen LogP contribution in [0, 0.1) is 5.82 Å². The second kappa shape index (κ2) is 10.9. The van der Waals surface area contributed by atoms with Gasteiger partial charge in [-0.2, -0.15) is 13.2 Å². The third kappa shape index (κ3) is 5.57. The molecule has 198 valence electrons. The molecule has 3 atom stereocenters. The van der Waals surface area contributed by atoms with Gasteiger partial charge in [0.2, 0.25) is 0 Å². The number of aromatic nitrogens is 1. The van der Waals surface area contributed by atoms with E-state index in [4.69, 9.17) is 4.98 Å². The number of hydrogen-bond donors (Lipinski definition) is 1. The van der Waals surface area contributed by atoms with Crippen molar-refractivity contribution in [3.8, 4) is 11.1 Å². The second-order valence-corrected chi connectivity index (χ2v) is 10.2. The van der Waals surface area contributed by atoms with Gasteiger partial charge in [0.15, 0.2) is 6.17 Å². The predicted molar refractivity (Wildman–Crippen MR) is 135 cm³/mol. The molecule has 1 N–H and O–H groups in total. The van der Waals surface area contributed by atoms with E-state index >= 15 is 4.39 Å². The SMILES string of the molecule is CCCCC1CCC(O)c2c1nc(C(C)C)c(C(F)c1ccc(C(F)(F)F)cc1)c2-c1ccc(F)cc1. The first-order valence-electron chi connectivity index (χ1n) is 12.9. The number of aliphatic hydroxyl groups excluding tert-OH is 1. The van der Waals surface area contributed by atoms with Crippen molar-refractivity contribution < 1.29 is 27.1 Å². The van der Waals surface area contributed by atoms with Crippen molar-refractivity contribution in [1.29, 1.82) is 0 Å². The Labute approximate surface area is 214 Å². The Morgan fingerprint density at radius 3 is 2.22 bits per heavy atom. The van der Waals surface area contributed by atoms with E-state index in [1.165, 1.54) is 12.1 Å². The Kier molecular flexibility index (Phi) is 8.02. The van der Waals surface area contributed by atoms with E-state index in [0.717, 1.165) is 55.6 Å². The van der Waals surface area contributed by atoms with Crippen LogP contribution in [-0.2, 0) is 6.18 Å². The van der Waals surface area contributed by atoms with E-state index in [0.29, 0.717) is 28.8 Å². The van der Waals surface area contributed by atoms with E-state index in [-0.39, 0.29) is 23.0 Å². The number of hydrogen-bond acceptors (Lipinski definition) is 2. The van der Waals surface area contributed by atoms with E-state index in [1.54, 1.807) is 12.1 Å². The molecule has 1 aromatic heterocycles. The number of pyridine rings is 1. The zero-order valence-corrected chi connectivity index (χ0v) is 21.2. The molecule has 2 nitrogen and oxygen atoms in total. The first-order chi connectivity index (χ1) is 17.5. The summed E-state index contributed by atoms with van der Waals surface area (Å²) in [5.41, 5.74) is 2.23. The Hall–Kier alpha value is -2.80. The summed E-state index contributed by atoms with van der Waals surface area (Å²) in [4.78, 5) is 4.95. The van der Waals surface area contributed by atoms with Crippen molar-refractivity contribution in [3.05, 3.63) is 88.0 Å². The zero-order chi connectivity index (χ0) is 26.9. The van der Waals surface area contributed by atoms with Crippen LogP contribution < -0.4 is 0 Å². The normalized spacial score (nSPS) is 18.6. The van der Waals surface area contributed by atoms with Gasteiger partial charge in [-0.15, -0.1) is 0 Å². The summed E-state index contributed by atoms with van der Waals surface area (Å²) in [5, 5.41) is 11.2. The minimum atomic E-state index is -4.53. The van der Waals surface area contributed by atoms with Crippen LogP contribution in [0.15, 0.2) is 48.5 Å². The van der Waals surface area contributed by atoms with Gasteiger partial charge in [0.05, 0.1) is 23.1 Å². The molecule has 0 saturated carbocycles. The molecule has 1 heterocycles. The summed E-state index contributed by atoms with van der Waals surface area (Å²) >= 11 is 0. The molecule has 0 saturated heterocycles. The van der Waals surface area contributed by atoms with Gasteiger partial charge in [-0.1, -0.05) is 57.9 Å². The first-order valence-corrected chi connectivity index (χ1v) is 12.9. The van der Waals surface area contributed by atoms with Crippen LogP contribution in [0.1, 0.15) is 111 Å². The maximum absolute atomic E-state index is 16.5. The molecule has 37 heavy (non-hydrogen) atoms. The standard InChI is InChI=1S/C30H32F5NO/c1-4-5-6-20-11-16-23(37)25-24(18-9-14-22(31)15-10-18)26(28(17(2)3)36-29(20)25)27(32)19-7-12-21(13-8-19)30(33,34)35/h7-10,12-15,17,20,23,27,37H,4-6,11,16H2,1-3H3. The molecule has 1 aliphatic rings. The molecule has 3 unspecified atom stereocenters. The van der Waals surface area contributed by atoms with Gasteiger partial charge in [0.1, 0.15) is 5.82 Å². The van der Waals surface area contributed by atoms with Crippen LogP contribution in [-0.4, -0.2) is 10.1 Å². The lowest BCUT2D eigenvalue weighted by Crippen LogP contribution is -2.22. The van der Waals surface area contributed by atoms with Crippen LogP contribution in [0.4, 0.5) is 22.0 Å². The maximum Gasteiger partial charge on any atom is 0.416 e. The fourth-order valence-corrected chi connectivity index (χ4v) is 5.30. The highest BCUT2D eigenvalue weighted by molar-refractivity contribution is 5.75. The largest absolute Gasteiger partial charge is 0.416 e. The molecule has 0 spiro atoms. The third-order valence-electron chi connectivity index (χ3n) is 7.21. The van der Waals surface area contributed by atoms with Gasteiger partial charge in [-0.05, 0) is 66.1 Å². The zero-order valence-electron chi connectivity index (χ0n) is 21.2. The van der Waals surface area contributed by atoms with Crippen molar-refractivity contribution in [1.82, 2.24) is 4.98 Å². The van der Waals surface area contributed by atoms with Gasteiger partial charge in [-0.25, -0.2) is 8.78 Å². The number of unbranched alkanes of at least 4 members (excludes halogenated alkanes) is 1. The van der Waals surface area contributed by atoms with Gasteiger partial charge in [-0.3, -0.25) is 4.98 Å². The minimum Gasteiger partial charge on any atom is -0.388 e. The molecule has 3 aromatic rings. The highest BCUT2D eigenvalue weighted by atomic mass is 19.4. The lowest BCUT2D eigenvalue weighted by molar-refractivity contribution is -0.137. The molecule has 2 aromatic carbocycles. The summed E-state index contributed by atoms with van der Waals surface area (Å²) in [6, 6.07) is 9.72. The van der Waals surface area contributed by atoms with Crippen molar-refractivity contribution >= 4 is 0 Å². The third-order valence-corrected chi connectivity index (χ3v) is 7.21. The van der Waals surface area contributed by atoms with E-state index in [9.17, 15) is 22.7 Å². The molecule has 1 aliphatic carbocycles. The van der Waals surface area contributed by atoms with Crippen molar-refractivity contribution in [2.75, 3.05) is 0 Å². The van der Waals surface area contributed by atoms with Crippen molar-refractivity contribution in [3.63, 3.8) is 0 Å². The lowest BCUT2D eigenvalue weighted by Gasteiger charge is -2.34. The quantitative estimate of drug-likeness (QED) is 0.317. The van der Waals surface area contributed by atoms with E-state index in [2.05, 4.69) is 6.92 Å². The molecule has 0 radical (unpaired) electrons. The van der Waals surface area contributed by atoms with E-state index in [1.807, 2.05) is 13.8 Å². The smallest absolute Gasteiger partial charge is 0.388 e. The van der Waals surface area contributed by atoms with Crippen LogP contribution in [0.5, 0.6) is 0 Å². The number of alkyl halides is 4. The topological polar surface area (TPSA) is 33.1 Å². The first kappa shape index (κ1) is 27.2. The monoisotopic (exact) mass is 517 g/mol. The Morgan fingerprint density at radius 2 is 1.65 bits per heavy atom. The molecular formula is C30H32F5NO. The molecule has 0 fully saturated rings. The number of halogens is 5. The number of fused-ring (bicyclic) bond motifs is 1. The predicted octanol–water partition coefficient (Wildman–Crippen LogP) is 9.19. The van der Waals surface area contributed by atoms with Gasteiger partial charge in [0, 0.05) is 17.0 Å². The number of benzene rings is 2. The summed E-state index contributed by atoms with van der Waals surface area (Å²) < 4.78 is 69.7. The minimum absolute atomic E-state index is 0.0628. The molecule has 0 bridgehead atoms. The number of aliphatic hydroxyl groups is 1. The van der Waals surface area contributed by atoms with Crippen LogP contribution in [0.2, 0.25) is 0 Å². The molecule has 0 aliphatic heterocycles. The maximum atomic E-state index is 16.5. The van der Waals surface area contributed by atoms with Gasteiger partial charge in [0.25, 0.3) is 0 Å². The molecule has 4 rings (SSSR count). The van der Waals surface area contributed by atoms with E-state index < -0.39 is 29.8 Å².